The van der Waals surface area contributed by atoms with Gasteiger partial charge in [-0.2, -0.15) is 0 Å². The second-order valence-corrected chi connectivity index (χ2v) is 8.59. The SMILES string of the molecule is CCC(NS(=O)(=O)c1ccc(C)c2ncccc12)c1ncc(-c2ccccc2)[nH]1. The Bertz CT molecular complexity index is 1250. The van der Waals surface area contributed by atoms with Gasteiger partial charge in [0.2, 0.25) is 10.0 Å². The number of rotatable bonds is 6. The van der Waals surface area contributed by atoms with E-state index in [2.05, 4.69) is 19.7 Å². The summed E-state index contributed by atoms with van der Waals surface area (Å²) < 4.78 is 29.2. The highest BCUT2D eigenvalue weighted by atomic mass is 32.2. The first-order valence-electron chi connectivity index (χ1n) is 9.46. The summed E-state index contributed by atoms with van der Waals surface area (Å²) in [6, 6.07) is 16.3. The van der Waals surface area contributed by atoms with E-state index in [1.165, 1.54) is 0 Å². The largest absolute Gasteiger partial charge is 0.341 e. The number of aromatic nitrogens is 3. The van der Waals surface area contributed by atoms with Gasteiger partial charge in [-0.15, -0.1) is 0 Å². The minimum absolute atomic E-state index is 0.222. The third-order valence-corrected chi connectivity index (χ3v) is 6.47. The zero-order valence-corrected chi connectivity index (χ0v) is 17.1. The second-order valence-electron chi connectivity index (χ2n) is 6.91. The van der Waals surface area contributed by atoms with E-state index < -0.39 is 16.1 Å². The smallest absolute Gasteiger partial charge is 0.241 e. The molecule has 0 saturated heterocycles. The molecule has 2 heterocycles. The summed E-state index contributed by atoms with van der Waals surface area (Å²) in [6.45, 7) is 3.84. The number of H-pyrrole nitrogens is 1. The molecule has 0 aliphatic carbocycles. The number of aryl methyl sites for hydroxylation is 1. The molecule has 148 valence electrons. The molecule has 2 N–H and O–H groups in total. The van der Waals surface area contributed by atoms with Crippen molar-refractivity contribution in [2.75, 3.05) is 0 Å². The number of pyridine rings is 1. The molecule has 0 fully saturated rings. The summed E-state index contributed by atoms with van der Waals surface area (Å²) in [7, 11) is -3.77. The van der Waals surface area contributed by atoms with Crippen molar-refractivity contribution in [1.82, 2.24) is 19.7 Å². The minimum atomic E-state index is -3.77. The highest BCUT2D eigenvalue weighted by Gasteiger charge is 2.24. The summed E-state index contributed by atoms with van der Waals surface area (Å²) in [5, 5.41) is 0.610. The molecular weight excluding hydrogens is 384 g/mol. The Balaban J connectivity index is 1.67. The normalized spacial score (nSPS) is 12.9. The van der Waals surface area contributed by atoms with Crippen LogP contribution in [-0.4, -0.2) is 23.4 Å². The molecule has 1 atom stereocenters. The topological polar surface area (TPSA) is 87.7 Å². The molecule has 6 nitrogen and oxygen atoms in total. The van der Waals surface area contributed by atoms with Gasteiger partial charge in [0.15, 0.2) is 0 Å². The molecule has 1 unspecified atom stereocenters. The number of fused-ring (bicyclic) bond motifs is 1. The van der Waals surface area contributed by atoms with Crippen molar-refractivity contribution in [3.63, 3.8) is 0 Å². The lowest BCUT2D eigenvalue weighted by Gasteiger charge is -2.16. The number of hydrogen-bond acceptors (Lipinski definition) is 4. The van der Waals surface area contributed by atoms with Gasteiger partial charge in [-0.1, -0.05) is 43.3 Å². The standard InChI is InChI=1S/C22H22N4O2S/c1-3-18(22-24-14-19(25-22)16-8-5-4-6-9-16)26-29(27,28)20-12-11-15(2)21-17(20)10-7-13-23-21/h4-14,18,26H,3H2,1-2H3,(H,24,25). The van der Waals surface area contributed by atoms with E-state index >= 15 is 0 Å². The van der Waals surface area contributed by atoms with Gasteiger partial charge in [-0.25, -0.2) is 18.1 Å². The first-order chi connectivity index (χ1) is 14.0. The Morgan fingerprint density at radius 1 is 1.03 bits per heavy atom. The summed E-state index contributed by atoms with van der Waals surface area (Å²) in [4.78, 5) is 12.2. The quantitative estimate of drug-likeness (QED) is 0.498. The Hall–Kier alpha value is -3.03. The van der Waals surface area contributed by atoms with Crippen LogP contribution in [0.3, 0.4) is 0 Å². The molecule has 0 radical (unpaired) electrons. The van der Waals surface area contributed by atoms with E-state index in [9.17, 15) is 8.42 Å². The van der Waals surface area contributed by atoms with Crippen molar-refractivity contribution in [2.45, 2.75) is 31.2 Å². The second kappa shape index (κ2) is 7.77. The fourth-order valence-corrected chi connectivity index (χ4v) is 4.86. The first-order valence-corrected chi connectivity index (χ1v) is 10.9. The maximum Gasteiger partial charge on any atom is 0.241 e. The third kappa shape index (κ3) is 3.79. The fraction of sp³-hybridized carbons (Fsp3) is 0.182. The number of nitrogens with zero attached hydrogens (tertiary/aromatic N) is 2. The van der Waals surface area contributed by atoms with Crippen LogP contribution in [0.5, 0.6) is 0 Å². The Kier molecular flexibility index (Phi) is 5.17. The van der Waals surface area contributed by atoms with Crippen LogP contribution in [0.4, 0.5) is 0 Å². The highest BCUT2D eigenvalue weighted by Crippen LogP contribution is 2.27. The van der Waals surface area contributed by atoms with Gasteiger partial charge < -0.3 is 4.98 Å². The van der Waals surface area contributed by atoms with Gasteiger partial charge in [0.25, 0.3) is 0 Å². The third-order valence-electron chi connectivity index (χ3n) is 4.94. The average Bonchev–Trinajstić information content (AvgIpc) is 3.23. The maximum absolute atomic E-state index is 13.2. The molecule has 0 amide bonds. The Morgan fingerprint density at radius 3 is 2.59 bits per heavy atom. The zero-order chi connectivity index (χ0) is 20.4. The minimum Gasteiger partial charge on any atom is -0.341 e. The van der Waals surface area contributed by atoms with E-state index in [4.69, 9.17) is 0 Å². The van der Waals surface area contributed by atoms with E-state index in [1.807, 2.05) is 44.2 Å². The molecule has 0 saturated carbocycles. The number of nitrogens with one attached hydrogen (secondary N) is 2. The van der Waals surface area contributed by atoms with Crippen LogP contribution in [0.25, 0.3) is 22.2 Å². The van der Waals surface area contributed by atoms with E-state index in [1.54, 1.807) is 36.7 Å². The molecule has 2 aromatic heterocycles. The molecule has 4 rings (SSSR count). The van der Waals surface area contributed by atoms with Crippen LogP contribution in [0, 0.1) is 6.92 Å². The molecule has 0 bridgehead atoms. The fourth-order valence-electron chi connectivity index (χ4n) is 3.38. The summed E-state index contributed by atoms with van der Waals surface area (Å²) in [6.07, 6.45) is 3.96. The molecule has 0 aliphatic heterocycles. The number of aromatic amines is 1. The van der Waals surface area contributed by atoms with Crippen molar-refractivity contribution >= 4 is 20.9 Å². The van der Waals surface area contributed by atoms with Crippen LogP contribution in [0.15, 0.2) is 71.9 Å². The lowest BCUT2D eigenvalue weighted by atomic mass is 10.1. The van der Waals surface area contributed by atoms with Gasteiger partial charge in [0.05, 0.1) is 28.3 Å². The van der Waals surface area contributed by atoms with Gasteiger partial charge in [-0.05, 0) is 42.7 Å². The summed E-state index contributed by atoms with van der Waals surface area (Å²) in [5.41, 5.74) is 3.47. The van der Waals surface area contributed by atoms with Crippen LogP contribution >= 0.6 is 0 Å². The van der Waals surface area contributed by atoms with Crippen LogP contribution in [0.1, 0.15) is 30.8 Å². The zero-order valence-electron chi connectivity index (χ0n) is 16.3. The average molecular weight is 407 g/mol. The maximum atomic E-state index is 13.2. The number of hydrogen-bond donors (Lipinski definition) is 2. The lowest BCUT2D eigenvalue weighted by Crippen LogP contribution is -2.29. The van der Waals surface area contributed by atoms with Gasteiger partial charge in [-0.3, -0.25) is 4.98 Å². The summed E-state index contributed by atoms with van der Waals surface area (Å²) in [5.74, 6) is 0.587. The van der Waals surface area contributed by atoms with Crippen molar-refractivity contribution in [1.29, 1.82) is 0 Å². The Morgan fingerprint density at radius 2 is 1.83 bits per heavy atom. The lowest BCUT2D eigenvalue weighted by molar-refractivity contribution is 0.540. The van der Waals surface area contributed by atoms with E-state index in [0.29, 0.717) is 23.1 Å². The molecule has 2 aromatic carbocycles. The number of imidazole rings is 1. The molecule has 0 aliphatic rings. The van der Waals surface area contributed by atoms with Gasteiger partial charge in [0, 0.05) is 11.6 Å². The predicted molar refractivity (Wildman–Crippen MR) is 114 cm³/mol. The van der Waals surface area contributed by atoms with Crippen LogP contribution in [-0.2, 0) is 10.0 Å². The number of benzene rings is 2. The number of sulfonamides is 1. The first kappa shape index (κ1) is 19.3. The van der Waals surface area contributed by atoms with E-state index in [0.717, 1.165) is 16.8 Å². The summed E-state index contributed by atoms with van der Waals surface area (Å²) >= 11 is 0. The monoisotopic (exact) mass is 406 g/mol. The van der Waals surface area contributed by atoms with E-state index in [-0.39, 0.29) is 4.90 Å². The molecule has 4 aromatic rings. The van der Waals surface area contributed by atoms with Crippen LogP contribution < -0.4 is 4.72 Å². The highest BCUT2D eigenvalue weighted by molar-refractivity contribution is 7.89. The van der Waals surface area contributed by atoms with Gasteiger partial charge >= 0.3 is 0 Å². The van der Waals surface area contributed by atoms with Gasteiger partial charge in [0.1, 0.15) is 5.82 Å². The molecule has 0 spiro atoms. The van der Waals surface area contributed by atoms with Crippen molar-refractivity contribution < 1.29 is 8.42 Å². The van der Waals surface area contributed by atoms with Crippen molar-refractivity contribution in [3.8, 4) is 11.3 Å². The molecular formula is C22H22N4O2S. The van der Waals surface area contributed by atoms with Crippen molar-refractivity contribution in [2.24, 2.45) is 0 Å². The molecule has 7 heteroatoms. The predicted octanol–water partition coefficient (Wildman–Crippen LogP) is 4.36. The molecule has 29 heavy (non-hydrogen) atoms. The Labute approximate surface area is 170 Å². The van der Waals surface area contributed by atoms with Crippen molar-refractivity contribution in [3.05, 3.63) is 78.4 Å². The van der Waals surface area contributed by atoms with Crippen LogP contribution in [0.2, 0.25) is 0 Å².